The molecule has 0 spiro atoms. The zero-order chi connectivity index (χ0) is 15.8. The first kappa shape index (κ1) is 16.0. The van der Waals surface area contributed by atoms with E-state index in [-0.39, 0.29) is 11.8 Å². The minimum atomic E-state index is -0.0388. The summed E-state index contributed by atoms with van der Waals surface area (Å²) in [5.74, 6) is 0.0305. The van der Waals surface area contributed by atoms with Crippen molar-refractivity contribution in [2.24, 2.45) is 0 Å². The number of fused-ring (bicyclic) bond motifs is 1. The summed E-state index contributed by atoms with van der Waals surface area (Å²) in [6.07, 6.45) is 3.22. The Morgan fingerprint density at radius 2 is 1.73 bits per heavy atom. The molecule has 0 unspecified atom stereocenters. The molecule has 0 fully saturated rings. The molecule has 0 atom stereocenters. The Balaban J connectivity index is 1.81. The number of carbonyl (C=O) groups is 2. The number of amides is 2. The van der Waals surface area contributed by atoms with Crippen molar-refractivity contribution in [1.29, 1.82) is 0 Å². The van der Waals surface area contributed by atoms with Crippen LogP contribution in [0.3, 0.4) is 0 Å². The maximum Gasteiger partial charge on any atom is 0.251 e. The largest absolute Gasteiger partial charge is 0.359 e. The zero-order valence-electron chi connectivity index (χ0n) is 12.9. The first-order valence-corrected chi connectivity index (χ1v) is 7.69. The van der Waals surface area contributed by atoms with Crippen molar-refractivity contribution >= 4 is 22.6 Å². The standard InChI is InChI=1S/C18H22N2O2/c1-19-17(21)12-3-2-6-13-20-18(22)16-11-7-9-14-8-4-5-10-15(14)16/h4-5,7-11H,2-3,6,12-13H2,1H3,(H,19,21)(H,20,22). The van der Waals surface area contributed by atoms with E-state index in [1.807, 2.05) is 42.5 Å². The maximum absolute atomic E-state index is 12.3. The number of benzene rings is 2. The summed E-state index contributed by atoms with van der Waals surface area (Å²) in [7, 11) is 1.65. The van der Waals surface area contributed by atoms with Crippen LogP contribution in [-0.4, -0.2) is 25.4 Å². The zero-order valence-corrected chi connectivity index (χ0v) is 12.9. The average molecular weight is 298 g/mol. The van der Waals surface area contributed by atoms with E-state index < -0.39 is 0 Å². The van der Waals surface area contributed by atoms with E-state index in [1.165, 1.54) is 0 Å². The second-order valence-corrected chi connectivity index (χ2v) is 5.27. The normalized spacial score (nSPS) is 10.4. The quantitative estimate of drug-likeness (QED) is 0.772. The number of carbonyl (C=O) groups excluding carboxylic acids is 2. The van der Waals surface area contributed by atoms with Gasteiger partial charge in [0, 0.05) is 25.6 Å². The van der Waals surface area contributed by atoms with Crippen LogP contribution in [0.4, 0.5) is 0 Å². The Hall–Kier alpha value is -2.36. The van der Waals surface area contributed by atoms with Crippen LogP contribution in [0.2, 0.25) is 0 Å². The fraction of sp³-hybridized carbons (Fsp3) is 0.333. The summed E-state index contributed by atoms with van der Waals surface area (Å²) < 4.78 is 0. The topological polar surface area (TPSA) is 58.2 Å². The third kappa shape index (κ3) is 4.32. The lowest BCUT2D eigenvalue weighted by molar-refractivity contribution is -0.120. The molecule has 0 aliphatic rings. The van der Waals surface area contributed by atoms with Gasteiger partial charge in [-0.1, -0.05) is 42.8 Å². The molecular formula is C18H22N2O2. The Bertz CT molecular complexity index is 647. The lowest BCUT2D eigenvalue weighted by atomic mass is 10.0. The molecule has 0 saturated carbocycles. The molecule has 22 heavy (non-hydrogen) atoms. The smallest absolute Gasteiger partial charge is 0.251 e. The SMILES string of the molecule is CNC(=O)CCCCCNC(=O)c1cccc2ccccc12. The van der Waals surface area contributed by atoms with Crippen LogP contribution in [0.1, 0.15) is 36.0 Å². The van der Waals surface area contributed by atoms with Gasteiger partial charge in [-0.05, 0) is 29.7 Å². The van der Waals surface area contributed by atoms with Crippen molar-refractivity contribution in [2.45, 2.75) is 25.7 Å². The number of hydrogen-bond donors (Lipinski definition) is 2. The molecule has 0 bridgehead atoms. The average Bonchev–Trinajstić information content (AvgIpc) is 2.56. The van der Waals surface area contributed by atoms with Gasteiger partial charge in [0.25, 0.3) is 5.91 Å². The molecule has 4 heteroatoms. The minimum absolute atomic E-state index is 0.0388. The van der Waals surface area contributed by atoms with E-state index >= 15 is 0 Å². The predicted octanol–water partition coefficient (Wildman–Crippen LogP) is 2.88. The molecular weight excluding hydrogens is 276 g/mol. The molecule has 0 aromatic heterocycles. The van der Waals surface area contributed by atoms with Crippen molar-refractivity contribution in [2.75, 3.05) is 13.6 Å². The van der Waals surface area contributed by atoms with Gasteiger partial charge in [0.2, 0.25) is 5.91 Å². The van der Waals surface area contributed by atoms with Crippen LogP contribution in [-0.2, 0) is 4.79 Å². The second kappa shape index (κ2) is 8.17. The Morgan fingerprint density at radius 3 is 2.55 bits per heavy atom. The van der Waals surface area contributed by atoms with Gasteiger partial charge in [-0.2, -0.15) is 0 Å². The summed E-state index contributed by atoms with van der Waals surface area (Å²) in [6, 6.07) is 13.6. The van der Waals surface area contributed by atoms with Crippen LogP contribution >= 0.6 is 0 Å². The van der Waals surface area contributed by atoms with Gasteiger partial charge in [-0.15, -0.1) is 0 Å². The highest BCUT2D eigenvalue weighted by atomic mass is 16.2. The highest BCUT2D eigenvalue weighted by Gasteiger charge is 2.08. The molecule has 4 nitrogen and oxygen atoms in total. The summed E-state index contributed by atoms with van der Waals surface area (Å²) in [5.41, 5.74) is 0.712. The Labute approximate surface area is 130 Å². The lowest BCUT2D eigenvalue weighted by Crippen LogP contribution is -2.24. The maximum atomic E-state index is 12.3. The van der Waals surface area contributed by atoms with Crippen LogP contribution in [0.15, 0.2) is 42.5 Å². The van der Waals surface area contributed by atoms with E-state index in [1.54, 1.807) is 7.05 Å². The number of nitrogens with one attached hydrogen (secondary N) is 2. The van der Waals surface area contributed by atoms with E-state index in [4.69, 9.17) is 0 Å². The van der Waals surface area contributed by atoms with Gasteiger partial charge in [0.05, 0.1) is 0 Å². The van der Waals surface area contributed by atoms with Gasteiger partial charge >= 0.3 is 0 Å². The molecule has 2 aromatic carbocycles. The van der Waals surface area contributed by atoms with Gasteiger partial charge in [-0.3, -0.25) is 9.59 Å². The molecule has 0 aliphatic heterocycles. The predicted molar refractivity (Wildman–Crippen MR) is 88.8 cm³/mol. The second-order valence-electron chi connectivity index (χ2n) is 5.27. The van der Waals surface area contributed by atoms with Gasteiger partial charge in [-0.25, -0.2) is 0 Å². The fourth-order valence-electron chi connectivity index (χ4n) is 2.43. The molecule has 0 heterocycles. The molecule has 2 N–H and O–H groups in total. The molecule has 2 rings (SSSR count). The van der Waals surface area contributed by atoms with Crippen molar-refractivity contribution in [1.82, 2.24) is 10.6 Å². The summed E-state index contributed by atoms with van der Waals surface area (Å²) in [6.45, 7) is 0.635. The molecule has 2 aromatic rings. The van der Waals surface area contributed by atoms with Crippen molar-refractivity contribution in [3.63, 3.8) is 0 Å². The Kier molecular flexibility index (Phi) is 5.95. The minimum Gasteiger partial charge on any atom is -0.359 e. The third-order valence-electron chi connectivity index (χ3n) is 3.68. The number of unbranched alkanes of at least 4 members (excludes halogenated alkanes) is 2. The highest BCUT2D eigenvalue weighted by Crippen LogP contribution is 2.18. The van der Waals surface area contributed by atoms with Crippen molar-refractivity contribution in [3.05, 3.63) is 48.0 Å². The summed E-state index contributed by atoms with van der Waals surface area (Å²) >= 11 is 0. The first-order chi connectivity index (χ1) is 10.7. The summed E-state index contributed by atoms with van der Waals surface area (Å²) in [4.78, 5) is 23.4. The molecule has 0 radical (unpaired) electrons. The Morgan fingerprint density at radius 1 is 0.955 bits per heavy atom. The van der Waals surface area contributed by atoms with Crippen molar-refractivity contribution < 1.29 is 9.59 Å². The lowest BCUT2D eigenvalue weighted by Gasteiger charge is -2.08. The van der Waals surface area contributed by atoms with Crippen LogP contribution in [0, 0.1) is 0 Å². The van der Waals surface area contributed by atoms with Gasteiger partial charge < -0.3 is 10.6 Å². The van der Waals surface area contributed by atoms with Crippen LogP contribution < -0.4 is 10.6 Å². The number of rotatable bonds is 7. The molecule has 0 saturated heterocycles. The van der Waals surface area contributed by atoms with Crippen molar-refractivity contribution in [3.8, 4) is 0 Å². The molecule has 2 amide bonds. The van der Waals surface area contributed by atoms with E-state index in [0.29, 0.717) is 18.5 Å². The monoisotopic (exact) mass is 298 g/mol. The fourth-order valence-corrected chi connectivity index (χ4v) is 2.43. The highest BCUT2D eigenvalue weighted by molar-refractivity contribution is 6.06. The van der Waals surface area contributed by atoms with Gasteiger partial charge in [0.1, 0.15) is 0 Å². The van der Waals surface area contributed by atoms with E-state index in [0.717, 1.165) is 30.0 Å². The molecule has 116 valence electrons. The van der Waals surface area contributed by atoms with E-state index in [9.17, 15) is 9.59 Å². The first-order valence-electron chi connectivity index (χ1n) is 7.69. The van der Waals surface area contributed by atoms with Crippen LogP contribution in [0.25, 0.3) is 10.8 Å². The molecule has 0 aliphatic carbocycles. The summed E-state index contributed by atoms with van der Waals surface area (Å²) in [5, 5.41) is 7.60. The number of hydrogen-bond acceptors (Lipinski definition) is 2. The van der Waals surface area contributed by atoms with Crippen LogP contribution in [0.5, 0.6) is 0 Å². The van der Waals surface area contributed by atoms with E-state index in [2.05, 4.69) is 10.6 Å². The third-order valence-corrected chi connectivity index (χ3v) is 3.68. The van der Waals surface area contributed by atoms with Gasteiger partial charge in [0.15, 0.2) is 0 Å².